The van der Waals surface area contributed by atoms with Gasteiger partial charge in [-0.25, -0.2) is 0 Å². The summed E-state index contributed by atoms with van der Waals surface area (Å²) < 4.78 is 5.78. The molecule has 3 rings (SSSR count). The van der Waals surface area contributed by atoms with Gasteiger partial charge in [0.15, 0.2) is 0 Å². The molecule has 1 aliphatic heterocycles. The van der Waals surface area contributed by atoms with Crippen LogP contribution in [0.3, 0.4) is 0 Å². The van der Waals surface area contributed by atoms with Crippen molar-refractivity contribution in [1.29, 1.82) is 0 Å². The summed E-state index contributed by atoms with van der Waals surface area (Å²) in [5.41, 5.74) is 3.61. The zero-order valence-electron chi connectivity index (χ0n) is 16.3. The van der Waals surface area contributed by atoms with E-state index >= 15 is 0 Å². The molecule has 5 heteroatoms. The minimum absolute atomic E-state index is 0.424. The molecule has 0 spiro atoms. The number of piperidine rings is 1. The fourth-order valence-corrected chi connectivity index (χ4v) is 3.59. The first-order valence-electron chi connectivity index (χ1n) is 10.1. The van der Waals surface area contributed by atoms with Crippen molar-refractivity contribution in [3.8, 4) is 11.1 Å². The number of hydrogen-bond acceptors (Lipinski definition) is 5. The maximum Gasteiger partial charge on any atom is 0.108 e. The smallest absolute Gasteiger partial charge is 0.108 e. The molecule has 0 amide bonds. The van der Waals surface area contributed by atoms with E-state index in [2.05, 4.69) is 36.4 Å². The number of benzene rings is 2. The first-order chi connectivity index (χ1) is 13.6. The van der Waals surface area contributed by atoms with Gasteiger partial charge in [-0.05, 0) is 42.5 Å². The van der Waals surface area contributed by atoms with Crippen LogP contribution in [0.15, 0.2) is 54.6 Å². The highest BCUT2D eigenvalue weighted by Gasteiger charge is 2.32. The summed E-state index contributed by atoms with van der Waals surface area (Å²) in [5.74, 6) is 0. The lowest BCUT2D eigenvalue weighted by Crippen LogP contribution is -2.55. The third-order valence-electron chi connectivity index (χ3n) is 5.27. The lowest BCUT2D eigenvalue weighted by molar-refractivity contribution is -0.109. The van der Waals surface area contributed by atoms with Gasteiger partial charge in [0.25, 0.3) is 0 Å². The minimum atomic E-state index is -1.02. The molecular weight excluding hydrogens is 354 g/mol. The number of ether oxygens (including phenoxy) is 1. The normalized spacial score (nSPS) is 23.0. The van der Waals surface area contributed by atoms with Crippen molar-refractivity contribution >= 4 is 0 Å². The molecule has 1 heterocycles. The summed E-state index contributed by atoms with van der Waals surface area (Å²) in [6.07, 6.45) is 0.277. The molecule has 152 valence electrons. The summed E-state index contributed by atoms with van der Waals surface area (Å²) in [7, 11) is 0. The molecule has 0 saturated carbocycles. The number of aliphatic hydroxyl groups is 3. The monoisotopic (exact) mass is 385 g/mol. The number of likely N-dealkylation sites (tertiary alicyclic amines) is 1. The van der Waals surface area contributed by atoms with E-state index in [1.807, 2.05) is 23.1 Å². The molecule has 0 aromatic heterocycles. The molecule has 3 atom stereocenters. The minimum Gasteiger partial charge on any atom is -0.389 e. The first-order valence-corrected chi connectivity index (χ1v) is 10.1. The topological polar surface area (TPSA) is 73.2 Å². The number of rotatable bonds is 9. The summed E-state index contributed by atoms with van der Waals surface area (Å²) in [4.78, 5) is 2.01. The summed E-state index contributed by atoms with van der Waals surface area (Å²) in [6, 6.07) is 18.8. The van der Waals surface area contributed by atoms with Crippen molar-refractivity contribution < 1.29 is 20.1 Å². The van der Waals surface area contributed by atoms with E-state index in [-0.39, 0.29) is 0 Å². The Hall–Kier alpha value is -1.76. The van der Waals surface area contributed by atoms with Gasteiger partial charge in [0.1, 0.15) is 6.10 Å². The quantitative estimate of drug-likeness (QED) is 0.578. The molecule has 5 nitrogen and oxygen atoms in total. The van der Waals surface area contributed by atoms with E-state index in [1.54, 1.807) is 0 Å². The Morgan fingerprint density at radius 3 is 2.11 bits per heavy atom. The van der Waals surface area contributed by atoms with E-state index in [0.29, 0.717) is 19.7 Å². The van der Waals surface area contributed by atoms with Gasteiger partial charge in [-0.2, -0.15) is 0 Å². The van der Waals surface area contributed by atoms with Gasteiger partial charge in [0, 0.05) is 19.7 Å². The third-order valence-corrected chi connectivity index (χ3v) is 5.27. The van der Waals surface area contributed by atoms with Crippen LogP contribution in [-0.4, -0.2) is 64.8 Å². The van der Waals surface area contributed by atoms with Crippen LogP contribution in [0.1, 0.15) is 24.8 Å². The highest BCUT2D eigenvalue weighted by Crippen LogP contribution is 2.19. The predicted molar refractivity (Wildman–Crippen MR) is 110 cm³/mol. The van der Waals surface area contributed by atoms with Gasteiger partial charge in [0.05, 0.1) is 18.8 Å². The molecule has 1 saturated heterocycles. The summed E-state index contributed by atoms with van der Waals surface area (Å²) in [5, 5.41) is 29.0. The molecule has 0 aliphatic carbocycles. The van der Waals surface area contributed by atoms with Crippen molar-refractivity contribution in [1.82, 2.24) is 4.90 Å². The standard InChI is InChI=1S/C23H31NO4/c25-21-15-24(16-22(26)23(21)27)13-5-2-6-14-28-17-18-9-11-20(12-10-18)19-7-3-1-4-8-19/h1,3-4,7-12,21-23,25-27H,2,5-6,13-17H2/t21-,22+,23?. The highest BCUT2D eigenvalue weighted by molar-refractivity contribution is 5.63. The molecule has 1 unspecified atom stereocenters. The Balaban J connectivity index is 1.27. The molecule has 1 fully saturated rings. The van der Waals surface area contributed by atoms with Gasteiger partial charge >= 0.3 is 0 Å². The van der Waals surface area contributed by atoms with Crippen LogP contribution < -0.4 is 0 Å². The molecule has 2 aromatic rings. The van der Waals surface area contributed by atoms with Crippen LogP contribution >= 0.6 is 0 Å². The SMILES string of the molecule is OC1[C@H](O)CN(CCCCCOCc2ccc(-c3ccccc3)cc2)C[C@@H]1O. The van der Waals surface area contributed by atoms with Crippen molar-refractivity contribution in [3.63, 3.8) is 0 Å². The van der Waals surface area contributed by atoms with Gasteiger partial charge in [0.2, 0.25) is 0 Å². The number of hydrogen-bond donors (Lipinski definition) is 3. The lowest BCUT2D eigenvalue weighted by atomic mass is 10.0. The number of nitrogens with zero attached hydrogens (tertiary/aromatic N) is 1. The van der Waals surface area contributed by atoms with E-state index in [0.717, 1.165) is 32.4 Å². The molecule has 3 N–H and O–H groups in total. The predicted octanol–water partition coefficient (Wildman–Crippen LogP) is 2.44. The molecule has 1 aliphatic rings. The zero-order valence-corrected chi connectivity index (χ0v) is 16.3. The molecule has 28 heavy (non-hydrogen) atoms. The maximum absolute atomic E-state index is 9.71. The fourth-order valence-electron chi connectivity index (χ4n) is 3.59. The van der Waals surface area contributed by atoms with Gasteiger partial charge < -0.3 is 20.1 Å². The number of unbranched alkanes of at least 4 members (excludes halogenated alkanes) is 2. The molecule has 0 radical (unpaired) electrons. The summed E-state index contributed by atoms with van der Waals surface area (Å²) in [6.45, 7) is 3.02. The second kappa shape index (κ2) is 10.7. The molecule has 2 aromatic carbocycles. The van der Waals surface area contributed by atoms with E-state index in [1.165, 1.54) is 16.7 Å². The number of β-amino-alcohol motifs (C(OH)–C–C–N with tert-alkyl or cyclic N) is 2. The summed E-state index contributed by atoms with van der Waals surface area (Å²) >= 11 is 0. The second-order valence-electron chi connectivity index (χ2n) is 7.56. The average Bonchev–Trinajstić information content (AvgIpc) is 2.72. The van der Waals surface area contributed by atoms with Crippen LogP contribution in [0, 0.1) is 0 Å². The lowest BCUT2D eigenvalue weighted by Gasteiger charge is -2.36. The van der Waals surface area contributed by atoms with E-state index < -0.39 is 18.3 Å². The van der Waals surface area contributed by atoms with Crippen molar-refractivity contribution in [3.05, 3.63) is 60.2 Å². The largest absolute Gasteiger partial charge is 0.389 e. The van der Waals surface area contributed by atoms with Gasteiger partial charge in [-0.3, -0.25) is 4.90 Å². The Morgan fingerprint density at radius 2 is 1.43 bits per heavy atom. The first kappa shape index (κ1) is 21.0. The second-order valence-corrected chi connectivity index (χ2v) is 7.56. The Bertz CT molecular complexity index is 680. The van der Waals surface area contributed by atoms with Crippen molar-refractivity contribution in [2.24, 2.45) is 0 Å². The van der Waals surface area contributed by atoms with E-state index in [4.69, 9.17) is 4.74 Å². The van der Waals surface area contributed by atoms with Gasteiger partial charge in [-0.1, -0.05) is 54.6 Å². The molecular formula is C23H31NO4. The molecule has 0 bridgehead atoms. The Labute approximate surface area is 167 Å². The maximum atomic E-state index is 9.71. The highest BCUT2D eigenvalue weighted by atomic mass is 16.5. The average molecular weight is 386 g/mol. The van der Waals surface area contributed by atoms with Crippen LogP contribution in [0.5, 0.6) is 0 Å². The Morgan fingerprint density at radius 1 is 0.786 bits per heavy atom. The van der Waals surface area contributed by atoms with Crippen molar-refractivity contribution in [2.45, 2.75) is 44.2 Å². The van der Waals surface area contributed by atoms with Crippen LogP contribution in [0.25, 0.3) is 11.1 Å². The van der Waals surface area contributed by atoms with Crippen LogP contribution in [-0.2, 0) is 11.3 Å². The Kier molecular flexibility index (Phi) is 8.01. The van der Waals surface area contributed by atoms with Crippen LogP contribution in [0.4, 0.5) is 0 Å². The van der Waals surface area contributed by atoms with Crippen molar-refractivity contribution in [2.75, 3.05) is 26.2 Å². The number of aliphatic hydroxyl groups excluding tert-OH is 3. The zero-order chi connectivity index (χ0) is 19.8. The van der Waals surface area contributed by atoms with E-state index in [9.17, 15) is 15.3 Å². The van der Waals surface area contributed by atoms with Gasteiger partial charge in [-0.15, -0.1) is 0 Å². The van der Waals surface area contributed by atoms with Crippen LogP contribution in [0.2, 0.25) is 0 Å². The third kappa shape index (κ3) is 6.12. The fraction of sp³-hybridized carbons (Fsp3) is 0.478.